The lowest BCUT2D eigenvalue weighted by atomic mass is 9.57. The maximum absolute atomic E-state index is 14.5. The highest BCUT2D eigenvalue weighted by Gasteiger charge is 2.46. The minimum Gasteiger partial charge on any atom is -0.392 e. The van der Waals surface area contributed by atoms with Crippen LogP contribution >= 0.6 is 0 Å². The van der Waals surface area contributed by atoms with E-state index in [1.807, 2.05) is 10.6 Å². The number of benzene rings is 1. The summed E-state index contributed by atoms with van der Waals surface area (Å²) in [6.07, 6.45) is 10.9. The van der Waals surface area contributed by atoms with Gasteiger partial charge in [-0.2, -0.15) is 0 Å². The highest BCUT2D eigenvalue weighted by atomic mass is 19.1. The van der Waals surface area contributed by atoms with Crippen molar-refractivity contribution in [2.24, 2.45) is 11.3 Å². The fourth-order valence-corrected chi connectivity index (χ4v) is 5.48. The molecule has 4 aliphatic rings. The van der Waals surface area contributed by atoms with E-state index in [0.29, 0.717) is 6.42 Å². The lowest BCUT2D eigenvalue weighted by Gasteiger charge is -2.49. The third-order valence-corrected chi connectivity index (χ3v) is 6.97. The predicted molar refractivity (Wildman–Crippen MR) is 90.0 cm³/mol. The molecule has 1 aromatic heterocycles. The SMILES string of the molecule is OC(CC1c2c(F)cccc2-c2cncn21)C12CCC(CC1)CC2. The first-order valence-corrected chi connectivity index (χ1v) is 9.17. The first-order chi connectivity index (χ1) is 11.7. The van der Waals surface area contributed by atoms with Crippen LogP contribution in [-0.2, 0) is 0 Å². The Labute approximate surface area is 141 Å². The van der Waals surface area contributed by atoms with Gasteiger partial charge in [-0.25, -0.2) is 9.37 Å². The van der Waals surface area contributed by atoms with Gasteiger partial charge in [0, 0.05) is 11.1 Å². The van der Waals surface area contributed by atoms with E-state index in [9.17, 15) is 9.50 Å². The van der Waals surface area contributed by atoms with Gasteiger partial charge in [-0.15, -0.1) is 0 Å². The number of hydrogen-bond donors (Lipinski definition) is 1. The number of imidazole rings is 1. The van der Waals surface area contributed by atoms with Gasteiger partial charge < -0.3 is 9.67 Å². The molecule has 2 heterocycles. The minimum absolute atomic E-state index is 0.0590. The Morgan fingerprint density at radius 1 is 1.25 bits per heavy atom. The van der Waals surface area contributed by atoms with E-state index in [0.717, 1.165) is 42.0 Å². The van der Waals surface area contributed by atoms with Crippen LogP contribution in [0.15, 0.2) is 30.7 Å². The third kappa shape index (κ3) is 1.95. The second-order valence-electron chi connectivity index (χ2n) is 8.00. The van der Waals surface area contributed by atoms with E-state index in [2.05, 4.69) is 4.98 Å². The molecule has 0 radical (unpaired) electrons. The number of rotatable bonds is 3. The van der Waals surface area contributed by atoms with Crippen molar-refractivity contribution in [3.63, 3.8) is 0 Å². The van der Waals surface area contributed by atoms with Crippen molar-refractivity contribution >= 4 is 0 Å². The first kappa shape index (κ1) is 14.6. The van der Waals surface area contributed by atoms with Gasteiger partial charge in [0.15, 0.2) is 0 Å². The molecule has 3 aliphatic carbocycles. The zero-order chi connectivity index (χ0) is 16.3. The van der Waals surface area contributed by atoms with Crippen molar-refractivity contribution < 1.29 is 9.50 Å². The molecule has 1 aliphatic heterocycles. The number of fused-ring (bicyclic) bond motifs is 6. The molecule has 3 nitrogen and oxygen atoms in total. The van der Waals surface area contributed by atoms with Crippen molar-refractivity contribution in [2.45, 2.75) is 57.1 Å². The van der Waals surface area contributed by atoms with Gasteiger partial charge in [0.2, 0.25) is 0 Å². The van der Waals surface area contributed by atoms with Crippen LogP contribution in [-0.4, -0.2) is 20.8 Å². The zero-order valence-electron chi connectivity index (χ0n) is 13.8. The maximum atomic E-state index is 14.5. The van der Waals surface area contributed by atoms with Crippen LogP contribution in [0.1, 0.15) is 56.6 Å². The molecule has 3 fully saturated rings. The second kappa shape index (κ2) is 5.16. The molecule has 2 bridgehead atoms. The monoisotopic (exact) mass is 326 g/mol. The van der Waals surface area contributed by atoms with Gasteiger partial charge in [0.25, 0.3) is 0 Å². The number of aliphatic hydroxyl groups is 1. The van der Waals surface area contributed by atoms with E-state index < -0.39 is 0 Å². The minimum atomic E-state index is -0.371. The van der Waals surface area contributed by atoms with Gasteiger partial charge in [-0.05, 0) is 62.3 Å². The van der Waals surface area contributed by atoms with Gasteiger partial charge in [-0.1, -0.05) is 12.1 Å². The molecule has 6 rings (SSSR count). The van der Waals surface area contributed by atoms with Gasteiger partial charge >= 0.3 is 0 Å². The van der Waals surface area contributed by atoms with E-state index in [1.165, 1.54) is 25.3 Å². The standard InChI is InChI=1S/C20H23FN2O/c21-15-3-1-2-14-17-11-22-12-23(17)16(19(14)15)10-18(24)20-7-4-13(5-8-20)6-9-20/h1-3,11-13,16,18,24H,4-10H2. The van der Waals surface area contributed by atoms with Crippen molar-refractivity contribution in [3.8, 4) is 11.3 Å². The molecule has 2 unspecified atom stereocenters. The number of nitrogens with zero attached hydrogens (tertiary/aromatic N) is 2. The molecule has 126 valence electrons. The van der Waals surface area contributed by atoms with E-state index in [4.69, 9.17) is 0 Å². The molecule has 4 heteroatoms. The van der Waals surface area contributed by atoms with Crippen molar-refractivity contribution in [3.05, 3.63) is 42.1 Å². The fraction of sp³-hybridized carbons (Fsp3) is 0.550. The number of halogens is 1. The highest BCUT2D eigenvalue weighted by Crippen LogP contribution is 2.54. The summed E-state index contributed by atoms with van der Waals surface area (Å²) in [5, 5.41) is 11.1. The van der Waals surface area contributed by atoms with E-state index in [-0.39, 0.29) is 23.4 Å². The highest BCUT2D eigenvalue weighted by molar-refractivity contribution is 5.69. The Balaban J connectivity index is 1.49. The third-order valence-electron chi connectivity index (χ3n) is 6.97. The average molecular weight is 326 g/mol. The molecule has 3 saturated carbocycles. The summed E-state index contributed by atoms with van der Waals surface area (Å²) in [5.74, 6) is 0.710. The Morgan fingerprint density at radius 2 is 2.00 bits per heavy atom. The number of aromatic nitrogens is 2. The summed E-state index contributed by atoms with van der Waals surface area (Å²) in [6.45, 7) is 0. The molecule has 1 aromatic carbocycles. The molecule has 2 aromatic rings. The van der Waals surface area contributed by atoms with E-state index >= 15 is 0 Å². The molecule has 24 heavy (non-hydrogen) atoms. The van der Waals surface area contributed by atoms with Crippen LogP contribution in [0.25, 0.3) is 11.3 Å². The second-order valence-corrected chi connectivity index (χ2v) is 8.00. The van der Waals surface area contributed by atoms with Crippen molar-refractivity contribution in [2.75, 3.05) is 0 Å². The van der Waals surface area contributed by atoms with Gasteiger partial charge in [0.1, 0.15) is 5.82 Å². The van der Waals surface area contributed by atoms with Crippen molar-refractivity contribution in [1.82, 2.24) is 9.55 Å². The van der Waals surface area contributed by atoms with Crippen LogP contribution < -0.4 is 0 Å². The Bertz CT molecular complexity index is 762. The number of aliphatic hydroxyl groups excluding tert-OH is 1. The summed E-state index contributed by atoms with van der Waals surface area (Å²) >= 11 is 0. The van der Waals surface area contributed by atoms with Crippen LogP contribution in [0.4, 0.5) is 4.39 Å². The Morgan fingerprint density at radius 3 is 2.75 bits per heavy atom. The van der Waals surface area contributed by atoms with Gasteiger partial charge in [0.05, 0.1) is 30.4 Å². The van der Waals surface area contributed by atoms with Crippen LogP contribution in [0.2, 0.25) is 0 Å². The molecular weight excluding hydrogens is 303 g/mol. The maximum Gasteiger partial charge on any atom is 0.129 e. The molecule has 0 amide bonds. The van der Waals surface area contributed by atoms with Gasteiger partial charge in [-0.3, -0.25) is 0 Å². The van der Waals surface area contributed by atoms with Crippen LogP contribution in [0.5, 0.6) is 0 Å². The summed E-state index contributed by atoms with van der Waals surface area (Å²) in [4.78, 5) is 4.25. The first-order valence-electron chi connectivity index (χ1n) is 9.17. The summed E-state index contributed by atoms with van der Waals surface area (Å²) < 4.78 is 16.6. The lowest BCUT2D eigenvalue weighted by molar-refractivity contribution is -0.0608. The molecule has 0 saturated heterocycles. The smallest absolute Gasteiger partial charge is 0.129 e. The van der Waals surface area contributed by atoms with E-state index in [1.54, 1.807) is 18.6 Å². The largest absolute Gasteiger partial charge is 0.392 e. The molecule has 1 N–H and O–H groups in total. The quantitative estimate of drug-likeness (QED) is 0.912. The lowest BCUT2D eigenvalue weighted by Crippen LogP contribution is -2.44. The fourth-order valence-electron chi connectivity index (χ4n) is 5.48. The van der Waals surface area contributed by atoms with Crippen molar-refractivity contribution in [1.29, 1.82) is 0 Å². The Hall–Kier alpha value is -1.68. The summed E-state index contributed by atoms with van der Waals surface area (Å²) in [7, 11) is 0. The topological polar surface area (TPSA) is 38.1 Å². The normalized spacial score (nSPS) is 31.8. The molecule has 0 spiro atoms. The summed E-state index contributed by atoms with van der Waals surface area (Å²) in [5.41, 5.74) is 2.68. The number of hydrogen-bond acceptors (Lipinski definition) is 2. The van der Waals surface area contributed by atoms with Crippen LogP contribution in [0.3, 0.4) is 0 Å². The average Bonchev–Trinajstić information content (AvgIpc) is 3.20. The van der Waals surface area contributed by atoms with Crippen LogP contribution in [0, 0.1) is 17.2 Å². The summed E-state index contributed by atoms with van der Waals surface area (Å²) in [6, 6.07) is 5.11. The predicted octanol–water partition coefficient (Wildman–Crippen LogP) is 4.31. The molecular formula is C20H23FN2O. The Kier molecular flexibility index (Phi) is 3.15. The zero-order valence-corrected chi connectivity index (χ0v) is 13.8. The molecule has 2 atom stereocenters.